The van der Waals surface area contributed by atoms with Crippen LogP contribution in [0.3, 0.4) is 0 Å². The number of carbonyl (C=O) groups is 1. The van der Waals surface area contributed by atoms with Crippen LogP contribution in [0.4, 0.5) is 0 Å². The summed E-state index contributed by atoms with van der Waals surface area (Å²) in [6.45, 7) is 2.45. The summed E-state index contributed by atoms with van der Waals surface area (Å²) < 4.78 is 3.45. The molecule has 1 N–H and O–H groups in total. The highest BCUT2D eigenvalue weighted by Gasteiger charge is 2.20. The lowest BCUT2D eigenvalue weighted by molar-refractivity contribution is -0.118. The molecule has 0 aliphatic heterocycles. The third-order valence-corrected chi connectivity index (χ3v) is 7.31. The Labute approximate surface area is 218 Å². The first-order valence-electron chi connectivity index (χ1n) is 12.0. The second-order valence-corrected chi connectivity index (χ2v) is 9.99. The molecule has 1 amide bonds. The van der Waals surface area contributed by atoms with Crippen molar-refractivity contribution in [3.05, 3.63) is 100 Å². The minimum atomic E-state index is -0.158. The van der Waals surface area contributed by atoms with Gasteiger partial charge < -0.3 is 10.2 Å². The summed E-state index contributed by atoms with van der Waals surface area (Å²) in [5.41, 5.74) is 3.39. The van der Waals surface area contributed by atoms with Crippen LogP contribution in [0.1, 0.15) is 17.2 Å². The van der Waals surface area contributed by atoms with Gasteiger partial charge in [0.2, 0.25) is 11.7 Å². The Kier molecular flexibility index (Phi) is 7.07. The van der Waals surface area contributed by atoms with Crippen LogP contribution in [-0.4, -0.2) is 56.4 Å². The number of fused-ring (bicyclic) bond motifs is 3. The van der Waals surface area contributed by atoms with Gasteiger partial charge in [0.15, 0.2) is 5.16 Å². The van der Waals surface area contributed by atoms with Crippen LogP contribution in [0.15, 0.2) is 88.8 Å². The van der Waals surface area contributed by atoms with Gasteiger partial charge in [-0.25, -0.2) is 4.57 Å². The van der Waals surface area contributed by atoms with E-state index in [2.05, 4.69) is 32.5 Å². The molecule has 0 aliphatic rings. The number of benzene rings is 3. The summed E-state index contributed by atoms with van der Waals surface area (Å²) in [7, 11) is 4.00. The summed E-state index contributed by atoms with van der Waals surface area (Å²) in [6, 6.07) is 25.3. The number of nitrogens with one attached hydrogen (secondary N) is 1. The van der Waals surface area contributed by atoms with E-state index in [0.29, 0.717) is 28.4 Å². The highest BCUT2D eigenvalue weighted by Crippen LogP contribution is 2.24. The molecule has 0 aliphatic carbocycles. The minimum absolute atomic E-state index is 0.0663. The van der Waals surface area contributed by atoms with E-state index in [1.165, 1.54) is 11.8 Å². The van der Waals surface area contributed by atoms with Crippen LogP contribution in [-0.2, 0) is 4.79 Å². The van der Waals surface area contributed by atoms with E-state index in [4.69, 9.17) is 0 Å². The van der Waals surface area contributed by atoms with Gasteiger partial charge in [0.1, 0.15) is 0 Å². The van der Waals surface area contributed by atoms with E-state index in [-0.39, 0.29) is 23.3 Å². The normalized spacial score (nSPS) is 12.3. The lowest BCUT2D eigenvalue weighted by Crippen LogP contribution is -2.35. The number of para-hydroxylation sites is 2. The third-order valence-electron chi connectivity index (χ3n) is 6.38. The van der Waals surface area contributed by atoms with E-state index in [0.717, 1.165) is 16.8 Å². The van der Waals surface area contributed by atoms with Gasteiger partial charge in [-0.15, -0.1) is 10.2 Å². The number of carbonyl (C=O) groups excluding carboxylic acids is 1. The standard InChI is InChI=1S/C28H28N6O2S/c1-19-11-7-9-15-22(19)33-26(36)21-14-8-10-16-23(21)34-27(33)30-31-28(34)37-18-25(35)29-17-24(32(2)3)20-12-5-4-6-13-20/h4-16,24H,17-18H2,1-3H3,(H,29,35). The molecule has 1 atom stereocenters. The monoisotopic (exact) mass is 512 g/mol. The van der Waals surface area contributed by atoms with Crippen molar-refractivity contribution in [3.63, 3.8) is 0 Å². The fourth-order valence-corrected chi connectivity index (χ4v) is 5.24. The minimum Gasteiger partial charge on any atom is -0.353 e. The number of nitrogens with zero attached hydrogens (tertiary/aromatic N) is 5. The fourth-order valence-electron chi connectivity index (χ4n) is 4.47. The molecule has 0 saturated heterocycles. The Balaban J connectivity index is 1.43. The second kappa shape index (κ2) is 10.6. The fraction of sp³-hybridized carbons (Fsp3) is 0.214. The molecule has 0 radical (unpaired) electrons. The number of thioether (sulfide) groups is 1. The first kappa shape index (κ1) is 24.7. The highest BCUT2D eigenvalue weighted by molar-refractivity contribution is 7.99. The molecule has 0 saturated carbocycles. The second-order valence-electron chi connectivity index (χ2n) is 9.05. The van der Waals surface area contributed by atoms with Crippen LogP contribution in [0, 0.1) is 6.92 Å². The molecule has 0 fully saturated rings. The van der Waals surface area contributed by atoms with Crippen LogP contribution in [0.25, 0.3) is 22.4 Å². The highest BCUT2D eigenvalue weighted by atomic mass is 32.2. The Morgan fingerprint density at radius 1 is 0.973 bits per heavy atom. The molecule has 0 bridgehead atoms. The number of aryl methyl sites for hydroxylation is 1. The van der Waals surface area contributed by atoms with Crippen molar-refractivity contribution in [2.24, 2.45) is 0 Å². The molecule has 188 valence electrons. The zero-order valence-electron chi connectivity index (χ0n) is 21.0. The van der Waals surface area contributed by atoms with Crippen molar-refractivity contribution in [2.45, 2.75) is 18.1 Å². The van der Waals surface area contributed by atoms with Crippen LogP contribution >= 0.6 is 11.8 Å². The first-order valence-corrected chi connectivity index (χ1v) is 13.0. The van der Waals surface area contributed by atoms with Gasteiger partial charge in [-0.1, -0.05) is 72.4 Å². The molecule has 37 heavy (non-hydrogen) atoms. The Bertz CT molecular complexity index is 1630. The average molecular weight is 513 g/mol. The molecule has 2 heterocycles. The molecule has 1 unspecified atom stereocenters. The van der Waals surface area contributed by atoms with Crippen molar-refractivity contribution in [1.29, 1.82) is 0 Å². The van der Waals surface area contributed by atoms with Crippen molar-refractivity contribution < 1.29 is 4.79 Å². The smallest absolute Gasteiger partial charge is 0.267 e. The molecular formula is C28H28N6O2S. The van der Waals surface area contributed by atoms with Crippen molar-refractivity contribution >= 4 is 34.3 Å². The summed E-state index contributed by atoms with van der Waals surface area (Å²) in [4.78, 5) is 28.4. The van der Waals surface area contributed by atoms with Gasteiger partial charge in [-0.3, -0.25) is 14.0 Å². The van der Waals surface area contributed by atoms with Gasteiger partial charge >= 0.3 is 0 Å². The van der Waals surface area contributed by atoms with E-state index in [1.807, 2.05) is 86.1 Å². The van der Waals surface area contributed by atoms with E-state index < -0.39 is 0 Å². The van der Waals surface area contributed by atoms with Gasteiger partial charge in [0, 0.05) is 6.54 Å². The molecule has 9 heteroatoms. The third kappa shape index (κ3) is 4.87. The molecule has 8 nitrogen and oxygen atoms in total. The van der Waals surface area contributed by atoms with Gasteiger partial charge in [0.25, 0.3) is 5.56 Å². The van der Waals surface area contributed by atoms with Crippen LogP contribution in [0.5, 0.6) is 0 Å². The van der Waals surface area contributed by atoms with E-state index in [1.54, 1.807) is 10.6 Å². The molecule has 5 aromatic rings. The SMILES string of the molecule is Cc1ccccc1-n1c(=O)c2ccccc2n2c(SCC(=O)NCC(c3ccccc3)N(C)C)nnc12. The summed E-state index contributed by atoms with van der Waals surface area (Å²) >= 11 is 1.30. The molecule has 5 rings (SSSR count). The molecular weight excluding hydrogens is 484 g/mol. The Hall–Kier alpha value is -3.95. The van der Waals surface area contributed by atoms with Crippen molar-refractivity contribution in [3.8, 4) is 5.69 Å². The quantitative estimate of drug-likeness (QED) is 0.318. The Morgan fingerprint density at radius 3 is 2.43 bits per heavy atom. The maximum Gasteiger partial charge on any atom is 0.267 e. The first-order chi connectivity index (χ1) is 18.0. The van der Waals surface area contributed by atoms with Crippen molar-refractivity contribution in [2.75, 3.05) is 26.4 Å². The predicted molar refractivity (Wildman–Crippen MR) is 147 cm³/mol. The number of likely N-dealkylation sites (N-methyl/N-ethyl adjacent to an activating group) is 1. The summed E-state index contributed by atoms with van der Waals surface area (Å²) in [6.07, 6.45) is 0. The number of rotatable bonds is 8. The molecule has 3 aromatic carbocycles. The van der Waals surface area contributed by atoms with E-state index >= 15 is 0 Å². The Morgan fingerprint density at radius 2 is 1.68 bits per heavy atom. The van der Waals surface area contributed by atoms with E-state index in [9.17, 15) is 9.59 Å². The number of hydrogen-bond donors (Lipinski definition) is 1. The number of amides is 1. The average Bonchev–Trinajstić information content (AvgIpc) is 3.33. The lowest BCUT2D eigenvalue weighted by Gasteiger charge is -2.25. The predicted octanol–water partition coefficient (Wildman–Crippen LogP) is 3.85. The van der Waals surface area contributed by atoms with Gasteiger partial charge in [-0.2, -0.15) is 0 Å². The van der Waals surface area contributed by atoms with Crippen LogP contribution in [0.2, 0.25) is 0 Å². The topological polar surface area (TPSA) is 84.5 Å². The molecule has 2 aromatic heterocycles. The van der Waals surface area contributed by atoms with Gasteiger partial charge in [-0.05, 0) is 50.3 Å². The lowest BCUT2D eigenvalue weighted by atomic mass is 10.1. The number of aromatic nitrogens is 4. The summed E-state index contributed by atoms with van der Waals surface area (Å²) in [5.74, 6) is 0.492. The zero-order valence-corrected chi connectivity index (χ0v) is 21.8. The van der Waals surface area contributed by atoms with Crippen molar-refractivity contribution in [1.82, 2.24) is 29.4 Å². The molecule has 0 spiro atoms. The van der Waals surface area contributed by atoms with Gasteiger partial charge in [0.05, 0.1) is 28.4 Å². The largest absolute Gasteiger partial charge is 0.353 e. The maximum absolute atomic E-state index is 13.5. The maximum atomic E-state index is 13.5. The zero-order chi connectivity index (χ0) is 25.9. The number of hydrogen-bond acceptors (Lipinski definition) is 6. The van der Waals surface area contributed by atoms with Crippen LogP contribution < -0.4 is 10.9 Å². The summed E-state index contributed by atoms with van der Waals surface area (Å²) in [5, 5.41) is 12.9.